The van der Waals surface area contributed by atoms with Crippen LogP contribution in [0.5, 0.6) is 0 Å². The molecule has 22 heteroatoms. The minimum absolute atomic E-state index is 0.0108. The molecule has 1 unspecified atom stereocenters. The second-order valence-corrected chi connectivity index (χ2v) is 18.0. The van der Waals surface area contributed by atoms with Gasteiger partial charge in [0.1, 0.15) is 18.6 Å². The first kappa shape index (κ1) is 50.0. The van der Waals surface area contributed by atoms with E-state index in [0.717, 1.165) is 11.8 Å². The number of aliphatic hydroxyl groups excluding tert-OH is 1. The summed E-state index contributed by atoms with van der Waals surface area (Å²) in [4.78, 5) is 59.1. The number of carbonyl (C=O) groups is 5. The van der Waals surface area contributed by atoms with Crippen molar-refractivity contribution in [3.05, 3.63) is 135 Å². The Morgan fingerprint density at radius 2 is 1.08 bits per heavy atom. The van der Waals surface area contributed by atoms with Crippen LogP contribution in [0.3, 0.4) is 0 Å². The van der Waals surface area contributed by atoms with Crippen LogP contribution in [-0.2, 0) is 23.7 Å². The summed E-state index contributed by atoms with van der Waals surface area (Å²) >= 11 is 50.9. The Kier molecular flexibility index (Phi) is 19.3. The molecule has 1 fully saturated rings. The molecular weight excluding hydrogens is 1050 g/mol. The van der Waals surface area contributed by atoms with Gasteiger partial charge in [-0.25, -0.2) is 28.0 Å². The fourth-order valence-corrected chi connectivity index (χ4v) is 8.59. The van der Waals surface area contributed by atoms with Crippen molar-refractivity contribution in [2.24, 2.45) is 0 Å². The molecule has 4 aromatic carbocycles. The predicted octanol–water partition coefficient (Wildman–Crippen LogP) is 11.4. The molecule has 320 valence electrons. The summed E-state index contributed by atoms with van der Waals surface area (Å²) in [6.45, 7) is -0.759. The highest BCUT2D eigenvalue weighted by Gasteiger charge is 2.47. The summed E-state index contributed by atoms with van der Waals surface area (Å²) in [6, 6.07) is 16.5. The molecule has 0 aromatic heterocycles. The Morgan fingerprint density at radius 3 is 1.50 bits per heavy atom. The Morgan fingerprint density at radius 1 is 0.683 bits per heavy atom. The van der Waals surface area contributed by atoms with E-state index in [4.69, 9.17) is 112 Å². The fourth-order valence-electron chi connectivity index (χ4n) is 4.95. The van der Waals surface area contributed by atoms with Gasteiger partial charge in [0, 0.05) is 20.1 Å². The Labute approximate surface area is 393 Å². The van der Waals surface area contributed by atoms with E-state index in [-0.39, 0.29) is 60.3 Å². The summed E-state index contributed by atoms with van der Waals surface area (Å²) < 4.78 is 49.2. The number of esters is 4. The largest absolute Gasteiger partial charge is 0.461 e. The predicted molar refractivity (Wildman–Crippen MR) is 231 cm³/mol. The third kappa shape index (κ3) is 13.7. The normalized spacial score (nSPS) is 18.5. The van der Waals surface area contributed by atoms with E-state index in [1.165, 1.54) is 72.8 Å². The Balaban J connectivity index is 0.000000265. The van der Waals surface area contributed by atoms with E-state index < -0.39 is 70.5 Å². The first-order valence-electron chi connectivity index (χ1n) is 16.6. The van der Waals surface area contributed by atoms with Gasteiger partial charge in [0.15, 0.2) is 30.8 Å². The monoisotopic (exact) mass is 1070 g/mol. The smallest absolute Gasteiger partial charge is 0.340 e. The van der Waals surface area contributed by atoms with Crippen LogP contribution in [0.2, 0.25) is 40.2 Å². The zero-order valence-corrected chi connectivity index (χ0v) is 38.1. The summed E-state index contributed by atoms with van der Waals surface area (Å²) in [5.41, 5.74) is -1.43. The lowest BCUT2D eigenvalue weighted by atomic mass is 10.1. The maximum Gasteiger partial charge on any atom is 0.340 e. The molecule has 0 bridgehead atoms. The van der Waals surface area contributed by atoms with Crippen molar-refractivity contribution in [3.8, 4) is 0 Å². The minimum Gasteiger partial charge on any atom is -0.461 e. The molecule has 1 heterocycles. The van der Waals surface area contributed by atoms with E-state index in [1.54, 1.807) is 0 Å². The number of aliphatic hydroxyl groups is 1. The maximum atomic E-state index is 14.4. The van der Waals surface area contributed by atoms with Gasteiger partial charge in [-0.15, -0.1) is 11.8 Å². The van der Waals surface area contributed by atoms with Crippen LogP contribution >= 0.6 is 120 Å². The number of aldehydes is 1. The van der Waals surface area contributed by atoms with Crippen molar-refractivity contribution in [1.82, 2.24) is 0 Å². The molecule has 5 rings (SSSR count). The second kappa shape index (κ2) is 23.2. The summed E-state index contributed by atoms with van der Waals surface area (Å²) in [5, 5.41) is 10.5. The number of benzene rings is 4. The van der Waals surface area contributed by atoms with Gasteiger partial charge in [-0.1, -0.05) is 109 Å². The highest BCUT2D eigenvalue weighted by molar-refractivity contribution is 9.09. The van der Waals surface area contributed by atoms with Crippen LogP contribution in [0.4, 0.5) is 8.78 Å². The average molecular weight is 1080 g/mol. The van der Waals surface area contributed by atoms with Gasteiger partial charge in [0.05, 0.1) is 52.4 Å². The number of carbonyl (C=O) groups excluding carboxylic acids is 5. The summed E-state index contributed by atoms with van der Waals surface area (Å²) in [5.74, 6) is -3.45. The number of hydrogen-bond donors (Lipinski definition) is 1. The van der Waals surface area contributed by atoms with Crippen molar-refractivity contribution >= 4 is 151 Å². The lowest BCUT2D eigenvalue weighted by Crippen LogP contribution is -2.39. The Hall–Kier alpha value is -2.60. The molecule has 1 aliphatic heterocycles. The average Bonchev–Trinajstić information content (AvgIpc) is 3.45. The highest BCUT2D eigenvalue weighted by Crippen LogP contribution is 2.38. The number of halogens is 11. The summed E-state index contributed by atoms with van der Waals surface area (Å²) in [6.07, 6.45) is -7.07. The first-order valence-corrected chi connectivity index (χ1v) is 21.5. The number of alkyl halides is 3. The fraction of sp³-hybridized carbons (Fsp3) is 0.237. The van der Waals surface area contributed by atoms with Crippen LogP contribution in [0, 0.1) is 0 Å². The third-order valence-electron chi connectivity index (χ3n) is 7.91. The molecule has 1 aliphatic rings. The van der Waals surface area contributed by atoms with E-state index >= 15 is 0 Å². The lowest BCUT2D eigenvalue weighted by molar-refractivity contribution is -0.115. The van der Waals surface area contributed by atoms with E-state index in [1.807, 2.05) is 0 Å². The molecule has 60 heavy (non-hydrogen) atoms. The van der Waals surface area contributed by atoms with Crippen molar-refractivity contribution in [2.75, 3.05) is 13.2 Å². The van der Waals surface area contributed by atoms with Crippen LogP contribution in [0.25, 0.3) is 0 Å². The van der Waals surface area contributed by atoms with Gasteiger partial charge in [0.2, 0.25) is 0 Å². The lowest BCUT2D eigenvalue weighted by Gasteiger charge is -2.23. The van der Waals surface area contributed by atoms with Crippen molar-refractivity contribution in [1.29, 1.82) is 0 Å². The van der Waals surface area contributed by atoms with Gasteiger partial charge in [-0.2, -0.15) is 0 Å². The van der Waals surface area contributed by atoms with Gasteiger partial charge in [0.25, 0.3) is 0 Å². The molecule has 0 spiro atoms. The number of thioether (sulfide) groups is 1. The van der Waals surface area contributed by atoms with Crippen molar-refractivity contribution in [2.45, 2.75) is 40.1 Å². The zero-order chi connectivity index (χ0) is 44.4. The van der Waals surface area contributed by atoms with Crippen LogP contribution < -0.4 is 0 Å². The first-order chi connectivity index (χ1) is 28.3. The van der Waals surface area contributed by atoms with Gasteiger partial charge >= 0.3 is 23.9 Å². The van der Waals surface area contributed by atoms with E-state index in [0.29, 0.717) is 15.1 Å². The maximum absolute atomic E-state index is 14.4. The standard InChI is InChI=1S/C19H12BrCl4FO5.C19H13Cl4FO5S/c20-13(8-29-18(27)11-3-1-9(21)5-14(11)23)17(16(25)7-26)30-19(28)12-4-2-10(22)6-15(12)24;20-8-1-3-10(12(22)5-8)17(25)28-7-14-16(15(24)19(27)30-14)29-18(26)11-4-2-9(21)6-13(11)23/h1-7,13,16-17H,8H2;1-6,14-16,19,27H,7H2/t13-,16+,17+;14-,15+,16-,19?/m01/s1. The SMILES string of the molecule is O=C(OC[C@H]1SC(O)[C@@H](F)[C@@H]1OC(=O)c1ccc(Cl)cc1Cl)c1ccc(Cl)cc1Cl.O=C[C@@H](F)[C@H](OC(=O)c1ccc(Cl)cc1Cl)[C@@H](Br)COC(=O)c1ccc(Cl)cc1Cl. The quantitative estimate of drug-likeness (QED) is 0.0592. The molecule has 1 N–H and O–H groups in total. The van der Waals surface area contributed by atoms with Crippen molar-refractivity contribution in [3.63, 3.8) is 0 Å². The van der Waals surface area contributed by atoms with E-state index in [9.17, 15) is 37.9 Å². The zero-order valence-electron chi connectivity index (χ0n) is 29.6. The minimum atomic E-state index is -2.19. The third-order valence-corrected chi connectivity index (χ3v) is 12.2. The Bertz CT molecular complexity index is 2240. The summed E-state index contributed by atoms with van der Waals surface area (Å²) in [7, 11) is 0. The molecule has 7 atom stereocenters. The van der Waals surface area contributed by atoms with Gasteiger partial charge < -0.3 is 24.1 Å². The van der Waals surface area contributed by atoms with Gasteiger partial charge in [-0.3, -0.25) is 4.79 Å². The van der Waals surface area contributed by atoms with E-state index in [2.05, 4.69) is 15.9 Å². The topological polar surface area (TPSA) is 143 Å². The van der Waals surface area contributed by atoms with Gasteiger partial charge in [-0.05, 0) is 72.8 Å². The van der Waals surface area contributed by atoms with Crippen LogP contribution in [0.1, 0.15) is 41.4 Å². The molecule has 0 aliphatic carbocycles. The highest BCUT2D eigenvalue weighted by atomic mass is 79.9. The number of ether oxygens (including phenoxy) is 4. The molecule has 1 saturated heterocycles. The molecular formula is C38H25BrCl8F2O10S. The van der Waals surface area contributed by atoms with Crippen LogP contribution in [0.15, 0.2) is 72.8 Å². The van der Waals surface area contributed by atoms with Crippen molar-refractivity contribution < 1.29 is 56.8 Å². The van der Waals surface area contributed by atoms with Crippen LogP contribution in [-0.4, -0.2) is 88.5 Å². The molecule has 0 amide bonds. The second-order valence-electron chi connectivity index (χ2n) is 12.0. The molecule has 4 aromatic rings. The molecule has 0 radical (unpaired) electrons. The molecule has 0 saturated carbocycles. The molecule has 10 nitrogen and oxygen atoms in total. The number of rotatable bonds is 13. The number of hydrogen-bond acceptors (Lipinski definition) is 11.